The van der Waals surface area contributed by atoms with Crippen molar-refractivity contribution in [3.63, 3.8) is 0 Å². The summed E-state index contributed by atoms with van der Waals surface area (Å²) in [6.45, 7) is 4.76. The van der Waals surface area contributed by atoms with Crippen molar-refractivity contribution in [3.8, 4) is 22.9 Å². The lowest BCUT2D eigenvalue weighted by molar-refractivity contribution is 0.0724. The smallest absolute Gasteiger partial charge is 0.256 e. The number of halogens is 2. The van der Waals surface area contributed by atoms with Gasteiger partial charge in [0.2, 0.25) is 5.88 Å². The first-order chi connectivity index (χ1) is 18.3. The van der Waals surface area contributed by atoms with E-state index in [9.17, 15) is 4.79 Å². The predicted octanol–water partition coefficient (Wildman–Crippen LogP) is 5.59. The van der Waals surface area contributed by atoms with Crippen molar-refractivity contribution in [2.75, 3.05) is 13.7 Å². The number of aryl methyl sites for hydroxylation is 3. The second-order valence-corrected chi connectivity index (χ2v) is 10.0. The van der Waals surface area contributed by atoms with E-state index in [4.69, 9.17) is 32.7 Å². The Morgan fingerprint density at radius 2 is 1.87 bits per heavy atom. The van der Waals surface area contributed by atoms with E-state index in [-0.39, 0.29) is 12.5 Å². The van der Waals surface area contributed by atoms with Crippen LogP contribution in [0, 0.1) is 13.8 Å². The highest BCUT2D eigenvalue weighted by atomic mass is 35.5. The Balaban J connectivity index is 1.50. The molecule has 0 atom stereocenters. The summed E-state index contributed by atoms with van der Waals surface area (Å²) in [4.78, 5) is 20.2. The fraction of sp³-hybridized carbons (Fsp3) is 0.286. The van der Waals surface area contributed by atoms with Gasteiger partial charge in [-0.15, -0.1) is 5.10 Å². The molecular formula is C28H27Cl2N5O3. The molecule has 2 aromatic carbocycles. The van der Waals surface area contributed by atoms with Gasteiger partial charge in [0, 0.05) is 35.9 Å². The molecular weight excluding hydrogens is 525 g/mol. The maximum Gasteiger partial charge on any atom is 0.256 e. The molecule has 196 valence electrons. The number of carbonyl (C=O) groups is 1. The average molecular weight is 552 g/mol. The molecule has 0 N–H and O–H groups in total. The van der Waals surface area contributed by atoms with Crippen molar-refractivity contribution >= 4 is 29.1 Å². The number of pyridine rings is 1. The van der Waals surface area contributed by atoms with E-state index in [1.165, 1.54) is 0 Å². The molecule has 38 heavy (non-hydrogen) atoms. The molecule has 1 amide bonds. The van der Waals surface area contributed by atoms with E-state index in [2.05, 4.69) is 15.3 Å². The number of nitrogens with zero attached hydrogens (tertiary/aromatic N) is 5. The van der Waals surface area contributed by atoms with Gasteiger partial charge in [0.15, 0.2) is 0 Å². The van der Waals surface area contributed by atoms with Crippen molar-refractivity contribution in [2.24, 2.45) is 7.05 Å². The normalized spacial score (nSPS) is 13.0. The molecule has 1 aliphatic rings. The van der Waals surface area contributed by atoms with Gasteiger partial charge in [-0.05, 0) is 37.5 Å². The van der Waals surface area contributed by atoms with Crippen molar-refractivity contribution in [3.05, 3.63) is 86.2 Å². The van der Waals surface area contributed by atoms with Crippen molar-refractivity contribution < 1.29 is 14.3 Å². The summed E-state index contributed by atoms with van der Waals surface area (Å²) in [7, 11) is 3.38. The van der Waals surface area contributed by atoms with Crippen LogP contribution in [0.2, 0.25) is 10.0 Å². The second-order valence-electron chi connectivity index (χ2n) is 9.22. The molecule has 5 rings (SSSR count). The molecule has 0 bridgehead atoms. The molecule has 0 radical (unpaired) electrons. The number of amides is 1. The zero-order valence-corrected chi connectivity index (χ0v) is 23.1. The van der Waals surface area contributed by atoms with Gasteiger partial charge in [-0.25, -0.2) is 9.67 Å². The summed E-state index contributed by atoms with van der Waals surface area (Å²) in [5.74, 6) is 0.816. The molecule has 3 heterocycles. The van der Waals surface area contributed by atoms with E-state index >= 15 is 0 Å². The number of hydrogen-bond acceptors (Lipinski definition) is 6. The molecule has 0 fully saturated rings. The molecule has 0 saturated heterocycles. The topological polar surface area (TPSA) is 82.4 Å². The highest BCUT2D eigenvalue weighted by molar-refractivity contribution is 6.39. The first-order valence-electron chi connectivity index (χ1n) is 12.2. The van der Waals surface area contributed by atoms with Crippen LogP contribution in [0.15, 0.2) is 42.5 Å². The fourth-order valence-corrected chi connectivity index (χ4v) is 5.43. The van der Waals surface area contributed by atoms with Gasteiger partial charge in [-0.2, -0.15) is 0 Å². The number of rotatable bonds is 7. The van der Waals surface area contributed by atoms with E-state index < -0.39 is 0 Å². The zero-order chi connectivity index (χ0) is 27.0. The second kappa shape index (κ2) is 10.6. The molecule has 8 nitrogen and oxygen atoms in total. The average Bonchev–Trinajstić information content (AvgIpc) is 3.24. The summed E-state index contributed by atoms with van der Waals surface area (Å²) in [5, 5.41) is 9.03. The lowest BCUT2D eigenvalue weighted by Crippen LogP contribution is -2.37. The summed E-state index contributed by atoms with van der Waals surface area (Å²) in [6.07, 6.45) is 0.560. The van der Waals surface area contributed by atoms with Gasteiger partial charge in [-0.1, -0.05) is 58.7 Å². The van der Waals surface area contributed by atoms with Crippen LogP contribution >= 0.6 is 23.2 Å². The molecule has 0 spiro atoms. The summed E-state index contributed by atoms with van der Waals surface area (Å²) >= 11 is 13.6. The van der Waals surface area contributed by atoms with Crippen LogP contribution in [0.25, 0.3) is 11.3 Å². The van der Waals surface area contributed by atoms with Crippen LogP contribution in [0.5, 0.6) is 11.6 Å². The SMILES string of the molecule is COc1cc(C)nc(OCc2ccccc2)c1CN1CCc2c(Cl)cc(-c3c(C)nnn3C)c(Cl)c2C1=O. The third-order valence-corrected chi connectivity index (χ3v) is 7.39. The van der Waals surface area contributed by atoms with Crippen LogP contribution < -0.4 is 9.47 Å². The van der Waals surface area contributed by atoms with E-state index in [1.54, 1.807) is 29.8 Å². The molecule has 0 saturated carbocycles. The van der Waals surface area contributed by atoms with Crippen LogP contribution in [0.1, 0.15) is 38.4 Å². The van der Waals surface area contributed by atoms with Gasteiger partial charge < -0.3 is 14.4 Å². The summed E-state index contributed by atoms with van der Waals surface area (Å²) in [6, 6.07) is 13.5. The van der Waals surface area contributed by atoms with Crippen LogP contribution in [0.4, 0.5) is 0 Å². The van der Waals surface area contributed by atoms with E-state index in [0.29, 0.717) is 69.3 Å². The van der Waals surface area contributed by atoms with Gasteiger partial charge >= 0.3 is 0 Å². The first-order valence-corrected chi connectivity index (χ1v) is 12.9. The van der Waals surface area contributed by atoms with Gasteiger partial charge in [0.25, 0.3) is 5.91 Å². The number of hydrogen-bond donors (Lipinski definition) is 0. The van der Waals surface area contributed by atoms with Crippen LogP contribution in [0.3, 0.4) is 0 Å². The number of carbonyl (C=O) groups excluding carboxylic acids is 1. The molecule has 0 aliphatic carbocycles. The third-order valence-electron chi connectivity index (χ3n) is 6.66. The number of benzene rings is 2. The lowest BCUT2D eigenvalue weighted by atomic mass is 9.94. The first kappa shape index (κ1) is 26.0. The number of ether oxygens (including phenoxy) is 2. The Morgan fingerprint density at radius 1 is 1.11 bits per heavy atom. The summed E-state index contributed by atoms with van der Waals surface area (Å²) < 4.78 is 13.4. The van der Waals surface area contributed by atoms with Crippen molar-refractivity contribution in [1.82, 2.24) is 24.9 Å². The maximum absolute atomic E-state index is 13.9. The molecule has 0 unspecified atom stereocenters. The number of fused-ring (bicyclic) bond motifs is 1. The Bertz CT molecular complexity index is 1500. The Labute approximate surface area is 231 Å². The van der Waals surface area contributed by atoms with Crippen LogP contribution in [-0.4, -0.2) is 44.4 Å². The quantitative estimate of drug-likeness (QED) is 0.298. The van der Waals surface area contributed by atoms with E-state index in [1.807, 2.05) is 50.2 Å². The highest BCUT2D eigenvalue weighted by Crippen LogP contribution is 2.41. The number of methoxy groups -OCH3 is 1. The molecule has 1 aliphatic heterocycles. The lowest BCUT2D eigenvalue weighted by Gasteiger charge is -2.31. The van der Waals surface area contributed by atoms with Crippen LogP contribution in [-0.2, 0) is 26.6 Å². The van der Waals surface area contributed by atoms with Gasteiger partial charge in [0.1, 0.15) is 12.4 Å². The third kappa shape index (κ3) is 4.81. The molecule has 4 aromatic rings. The monoisotopic (exact) mass is 551 g/mol. The minimum Gasteiger partial charge on any atom is -0.496 e. The van der Waals surface area contributed by atoms with Crippen molar-refractivity contribution in [1.29, 1.82) is 0 Å². The Kier molecular flexibility index (Phi) is 7.27. The Morgan fingerprint density at radius 3 is 2.55 bits per heavy atom. The Hall–Kier alpha value is -3.62. The van der Waals surface area contributed by atoms with Crippen molar-refractivity contribution in [2.45, 2.75) is 33.4 Å². The maximum atomic E-state index is 13.9. The van der Waals surface area contributed by atoms with E-state index in [0.717, 1.165) is 16.8 Å². The standard InChI is InChI=1S/C28H27Cl2N5O3/c1-16-12-23(37-4)21(27(31-16)38-15-18-8-6-5-7-9-18)14-35-11-10-19-22(29)13-20(25(30)24(19)28(35)36)26-17(2)32-33-34(26)3/h5-9,12-13H,10-11,14-15H2,1-4H3. The predicted molar refractivity (Wildman–Crippen MR) is 146 cm³/mol. The highest BCUT2D eigenvalue weighted by Gasteiger charge is 2.32. The van der Waals surface area contributed by atoms with Gasteiger partial charge in [-0.3, -0.25) is 4.79 Å². The largest absolute Gasteiger partial charge is 0.496 e. The summed E-state index contributed by atoms with van der Waals surface area (Å²) in [5.41, 5.74) is 5.62. The minimum absolute atomic E-state index is 0.218. The molecule has 10 heteroatoms. The fourth-order valence-electron chi connectivity index (χ4n) is 4.80. The minimum atomic E-state index is -0.218. The molecule has 2 aromatic heterocycles. The number of aromatic nitrogens is 4. The zero-order valence-electron chi connectivity index (χ0n) is 21.6. The van der Waals surface area contributed by atoms with Gasteiger partial charge in [0.05, 0.1) is 41.2 Å².